The lowest BCUT2D eigenvalue weighted by molar-refractivity contribution is -0.902. The average molecular weight is 417 g/mol. The van der Waals surface area contributed by atoms with E-state index in [9.17, 15) is 4.79 Å². The molecule has 3 heterocycles. The molecule has 2 aliphatic rings. The number of carbonyl (C=O) groups excluding carboxylic acids is 1. The quantitative estimate of drug-likeness (QED) is 0.633. The van der Waals surface area contributed by atoms with Gasteiger partial charge >= 0.3 is 0 Å². The lowest BCUT2D eigenvalue weighted by Crippen LogP contribution is -3.08. The van der Waals surface area contributed by atoms with Crippen molar-refractivity contribution in [3.05, 3.63) is 36.2 Å². The molecule has 0 spiro atoms. The molecular formula is C21H30N5O2S+. The van der Waals surface area contributed by atoms with Gasteiger partial charge in [0.05, 0.1) is 24.4 Å². The summed E-state index contributed by atoms with van der Waals surface area (Å²) in [5.41, 5.74) is 1.04. The third kappa shape index (κ3) is 5.18. The number of nitrogens with one attached hydrogen (secondary N) is 2. The summed E-state index contributed by atoms with van der Waals surface area (Å²) in [5.74, 6) is 0.974. The van der Waals surface area contributed by atoms with Gasteiger partial charge in [0, 0.05) is 31.7 Å². The Hall–Kier alpha value is -1.90. The first-order valence-corrected chi connectivity index (χ1v) is 11.5. The van der Waals surface area contributed by atoms with Gasteiger partial charge in [0.15, 0.2) is 11.0 Å². The zero-order valence-corrected chi connectivity index (χ0v) is 17.8. The molecule has 0 unspecified atom stereocenters. The smallest absolute Gasteiger partial charge is 0.233 e. The number of aromatic nitrogens is 3. The van der Waals surface area contributed by atoms with Crippen LogP contribution in [-0.4, -0.2) is 58.3 Å². The Balaban J connectivity index is 1.46. The van der Waals surface area contributed by atoms with E-state index in [0.29, 0.717) is 6.54 Å². The Labute approximate surface area is 176 Å². The van der Waals surface area contributed by atoms with E-state index in [1.54, 1.807) is 4.90 Å². The predicted octanol–water partition coefficient (Wildman–Crippen LogP) is 1.22. The molecule has 2 atom stereocenters. The molecule has 0 bridgehead atoms. The second-order valence-corrected chi connectivity index (χ2v) is 9.15. The minimum absolute atomic E-state index is 0.0137. The number of para-hydroxylation sites is 1. The molecule has 0 radical (unpaired) electrons. The molecule has 156 valence electrons. The highest BCUT2D eigenvalue weighted by Crippen LogP contribution is 2.26. The van der Waals surface area contributed by atoms with Crippen LogP contribution in [-0.2, 0) is 16.1 Å². The van der Waals surface area contributed by atoms with Crippen molar-refractivity contribution in [2.24, 2.45) is 0 Å². The lowest BCUT2D eigenvalue weighted by Gasteiger charge is -2.16. The van der Waals surface area contributed by atoms with Gasteiger partial charge in [-0.15, -0.1) is 10.2 Å². The van der Waals surface area contributed by atoms with E-state index in [4.69, 9.17) is 4.74 Å². The van der Waals surface area contributed by atoms with Crippen LogP contribution in [0.5, 0.6) is 0 Å². The molecule has 7 nitrogen and oxygen atoms in total. The summed E-state index contributed by atoms with van der Waals surface area (Å²) >= 11 is 1.46. The Kier molecular flexibility index (Phi) is 6.84. The fourth-order valence-corrected chi connectivity index (χ4v) is 4.89. The second-order valence-electron chi connectivity index (χ2n) is 7.84. The zero-order valence-electron chi connectivity index (χ0n) is 17.0. The molecule has 2 N–H and O–H groups in total. The van der Waals surface area contributed by atoms with Gasteiger partial charge < -0.3 is 15.0 Å². The molecule has 2 saturated heterocycles. The number of hydrogen-bond donors (Lipinski definition) is 2. The molecule has 2 aromatic rings. The number of carbonyl (C=O) groups is 1. The van der Waals surface area contributed by atoms with Crippen LogP contribution in [0.25, 0.3) is 5.69 Å². The second kappa shape index (κ2) is 9.73. The van der Waals surface area contributed by atoms with E-state index in [-0.39, 0.29) is 17.3 Å². The van der Waals surface area contributed by atoms with E-state index in [2.05, 4.69) is 32.2 Å². The summed E-state index contributed by atoms with van der Waals surface area (Å²) in [5, 5.41) is 12.5. The highest BCUT2D eigenvalue weighted by Gasteiger charge is 2.25. The van der Waals surface area contributed by atoms with Gasteiger partial charge in [0.2, 0.25) is 5.91 Å². The number of quaternary nitrogens is 1. The first-order chi connectivity index (χ1) is 14.2. The third-order valence-electron chi connectivity index (χ3n) is 5.61. The Morgan fingerprint density at radius 1 is 1.28 bits per heavy atom. The van der Waals surface area contributed by atoms with Crippen molar-refractivity contribution in [3.8, 4) is 5.69 Å². The average Bonchev–Trinajstić information content (AvgIpc) is 3.50. The maximum absolute atomic E-state index is 12.6. The van der Waals surface area contributed by atoms with Crippen LogP contribution in [0.4, 0.5) is 0 Å². The number of nitrogens with zero attached hydrogens (tertiary/aromatic N) is 3. The largest absolute Gasteiger partial charge is 0.376 e. The molecule has 2 aliphatic heterocycles. The summed E-state index contributed by atoms with van der Waals surface area (Å²) in [6, 6.07) is 10.2. The molecule has 1 amide bonds. The lowest BCUT2D eigenvalue weighted by atomic mass is 10.2. The zero-order chi connectivity index (χ0) is 20.1. The van der Waals surface area contributed by atoms with Crippen molar-refractivity contribution in [1.82, 2.24) is 20.1 Å². The summed E-state index contributed by atoms with van der Waals surface area (Å²) in [4.78, 5) is 14.1. The number of amides is 1. The molecule has 1 aromatic carbocycles. The highest BCUT2D eigenvalue weighted by molar-refractivity contribution is 8.00. The van der Waals surface area contributed by atoms with Crippen LogP contribution in [0.1, 0.15) is 38.4 Å². The standard InChI is InChI=1S/C21H29N5O2S/c1-16(20(27)22-14-18-10-7-13-28-18)29-21-24-23-19(15-25-11-5-6-12-25)26(21)17-8-3-2-4-9-17/h2-4,8-9,16,18H,5-7,10-15H2,1H3,(H,22,27)/p+1/t16-,18-/m0/s1. The van der Waals surface area contributed by atoms with Crippen LogP contribution in [0, 0.1) is 0 Å². The van der Waals surface area contributed by atoms with Crippen LogP contribution < -0.4 is 10.2 Å². The van der Waals surface area contributed by atoms with Gasteiger partial charge in [0.25, 0.3) is 0 Å². The third-order valence-corrected chi connectivity index (χ3v) is 6.66. The van der Waals surface area contributed by atoms with Crippen LogP contribution in [0.15, 0.2) is 35.5 Å². The van der Waals surface area contributed by atoms with Gasteiger partial charge in [-0.3, -0.25) is 9.36 Å². The molecule has 2 fully saturated rings. The highest BCUT2D eigenvalue weighted by atomic mass is 32.2. The number of likely N-dealkylation sites (tertiary alicyclic amines) is 1. The van der Waals surface area contributed by atoms with Crippen LogP contribution in [0.3, 0.4) is 0 Å². The van der Waals surface area contributed by atoms with Crippen molar-refractivity contribution < 1.29 is 14.4 Å². The van der Waals surface area contributed by atoms with Crippen LogP contribution in [0.2, 0.25) is 0 Å². The Morgan fingerprint density at radius 2 is 2.07 bits per heavy atom. The van der Waals surface area contributed by atoms with Gasteiger partial charge in [-0.25, -0.2) is 0 Å². The van der Waals surface area contributed by atoms with E-state index in [1.807, 2.05) is 25.1 Å². The molecular weight excluding hydrogens is 386 g/mol. The normalized spacial score (nSPS) is 20.8. The van der Waals surface area contributed by atoms with Crippen molar-refractivity contribution in [1.29, 1.82) is 0 Å². The molecule has 0 aliphatic carbocycles. The van der Waals surface area contributed by atoms with Gasteiger partial charge in [-0.1, -0.05) is 30.0 Å². The molecule has 29 heavy (non-hydrogen) atoms. The number of rotatable bonds is 8. The van der Waals surface area contributed by atoms with Gasteiger partial charge in [-0.05, 0) is 31.9 Å². The molecule has 1 aromatic heterocycles. The maximum atomic E-state index is 12.6. The molecule has 4 rings (SSSR count). The van der Waals surface area contributed by atoms with Gasteiger partial charge in [-0.2, -0.15) is 0 Å². The monoisotopic (exact) mass is 416 g/mol. The molecule has 8 heteroatoms. The summed E-state index contributed by atoms with van der Waals surface area (Å²) in [6.07, 6.45) is 4.80. The van der Waals surface area contributed by atoms with Crippen molar-refractivity contribution in [2.75, 3.05) is 26.2 Å². The minimum atomic E-state index is -0.255. The van der Waals surface area contributed by atoms with E-state index < -0.39 is 0 Å². The van der Waals surface area contributed by atoms with Crippen molar-refractivity contribution in [2.45, 2.75) is 55.7 Å². The van der Waals surface area contributed by atoms with Crippen molar-refractivity contribution >= 4 is 17.7 Å². The number of thioether (sulfide) groups is 1. The van der Waals surface area contributed by atoms with Gasteiger partial charge in [0.1, 0.15) is 6.54 Å². The molecule has 0 saturated carbocycles. The summed E-state index contributed by atoms with van der Waals surface area (Å²) in [6.45, 7) is 6.54. The minimum Gasteiger partial charge on any atom is -0.376 e. The first kappa shape index (κ1) is 20.4. The van der Waals surface area contributed by atoms with E-state index in [0.717, 1.165) is 42.7 Å². The van der Waals surface area contributed by atoms with E-state index in [1.165, 1.54) is 37.7 Å². The Bertz CT molecular complexity index is 801. The first-order valence-electron chi connectivity index (χ1n) is 10.6. The number of benzene rings is 1. The SMILES string of the molecule is C[C@H](Sc1nnc(C[NH+]2CCCC2)n1-c1ccccc1)C(=O)NC[C@@H]1CCCO1. The topological polar surface area (TPSA) is 73.5 Å². The predicted molar refractivity (Wildman–Crippen MR) is 112 cm³/mol. The fourth-order valence-electron chi connectivity index (χ4n) is 3.98. The number of hydrogen-bond acceptors (Lipinski definition) is 5. The van der Waals surface area contributed by atoms with Crippen LogP contribution >= 0.6 is 11.8 Å². The fraction of sp³-hybridized carbons (Fsp3) is 0.571. The maximum Gasteiger partial charge on any atom is 0.233 e. The van der Waals surface area contributed by atoms with E-state index >= 15 is 0 Å². The summed E-state index contributed by atoms with van der Waals surface area (Å²) < 4.78 is 7.71. The number of ether oxygens (including phenoxy) is 1. The van der Waals surface area contributed by atoms with Crippen molar-refractivity contribution in [3.63, 3.8) is 0 Å². The summed E-state index contributed by atoms with van der Waals surface area (Å²) in [7, 11) is 0. The Morgan fingerprint density at radius 3 is 2.79 bits per heavy atom.